The molecule has 0 aliphatic heterocycles. The van der Waals surface area contributed by atoms with Gasteiger partial charge in [0.25, 0.3) is 0 Å². The first-order valence-electron chi connectivity index (χ1n) is 4.73. The highest BCUT2D eigenvalue weighted by Gasteiger charge is 2.23. The fourth-order valence-electron chi connectivity index (χ4n) is 1.22. The molecule has 0 aromatic heterocycles. The summed E-state index contributed by atoms with van der Waals surface area (Å²) in [6.07, 6.45) is 0.673. The van der Waals surface area contributed by atoms with E-state index in [1.807, 2.05) is 34.6 Å². The molecule has 13 heavy (non-hydrogen) atoms. The molecule has 0 heterocycles. The van der Waals surface area contributed by atoms with Crippen LogP contribution in [0.25, 0.3) is 0 Å². The summed E-state index contributed by atoms with van der Waals surface area (Å²) in [5.74, 6) is -0.362. The number of aliphatic carboxylic acids is 1. The van der Waals surface area contributed by atoms with Crippen LogP contribution in [0.4, 0.5) is 0 Å². The predicted octanol–water partition coefficient (Wildman–Crippen LogP) is 1.87. The Balaban J connectivity index is 4.19. The van der Waals surface area contributed by atoms with Crippen LogP contribution in [0.5, 0.6) is 0 Å². The Kier molecular flexibility index (Phi) is 4.40. The number of hydrogen-bond donors (Lipinski definition) is 2. The summed E-state index contributed by atoms with van der Waals surface area (Å²) >= 11 is 0. The quantitative estimate of drug-likeness (QED) is 0.706. The van der Waals surface area contributed by atoms with E-state index in [-0.39, 0.29) is 5.54 Å². The van der Waals surface area contributed by atoms with Crippen molar-refractivity contribution < 1.29 is 9.90 Å². The van der Waals surface area contributed by atoms with Crippen LogP contribution in [0.2, 0.25) is 0 Å². The molecule has 0 aliphatic rings. The summed E-state index contributed by atoms with van der Waals surface area (Å²) in [5.41, 5.74) is -0.141. The smallest absolute Gasteiger partial charge is 0.320 e. The van der Waals surface area contributed by atoms with Gasteiger partial charge in [-0.05, 0) is 33.1 Å². The number of carbonyl (C=O) groups is 1. The van der Waals surface area contributed by atoms with E-state index >= 15 is 0 Å². The van der Waals surface area contributed by atoms with Gasteiger partial charge < -0.3 is 5.11 Å². The van der Waals surface area contributed by atoms with Gasteiger partial charge in [0.2, 0.25) is 0 Å². The predicted molar refractivity (Wildman–Crippen MR) is 53.8 cm³/mol. The van der Waals surface area contributed by atoms with E-state index in [0.717, 1.165) is 0 Å². The summed E-state index contributed by atoms with van der Waals surface area (Å²) < 4.78 is 0. The summed E-state index contributed by atoms with van der Waals surface area (Å²) in [6.45, 7) is 9.98. The van der Waals surface area contributed by atoms with Gasteiger partial charge in [-0.2, -0.15) is 0 Å². The second-order valence-electron chi connectivity index (χ2n) is 4.91. The molecule has 3 heteroatoms. The maximum Gasteiger partial charge on any atom is 0.320 e. The Morgan fingerprint density at radius 1 is 1.38 bits per heavy atom. The van der Waals surface area contributed by atoms with Crippen molar-refractivity contribution in [3.05, 3.63) is 0 Å². The van der Waals surface area contributed by atoms with Crippen molar-refractivity contribution in [3.8, 4) is 0 Å². The summed E-state index contributed by atoms with van der Waals surface area (Å²) in [4.78, 5) is 10.9. The minimum absolute atomic E-state index is 0.141. The Hall–Kier alpha value is -0.570. The number of hydrogen-bond acceptors (Lipinski definition) is 2. The fourth-order valence-corrected chi connectivity index (χ4v) is 1.22. The second kappa shape index (κ2) is 4.61. The second-order valence-corrected chi connectivity index (χ2v) is 4.91. The molecule has 2 N–H and O–H groups in total. The number of nitrogens with one attached hydrogen (secondary N) is 1. The molecule has 0 bridgehead atoms. The monoisotopic (exact) mass is 187 g/mol. The van der Waals surface area contributed by atoms with Gasteiger partial charge in [0.15, 0.2) is 0 Å². The molecule has 0 saturated carbocycles. The molecule has 78 valence electrons. The van der Waals surface area contributed by atoms with Gasteiger partial charge in [0.05, 0.1) is 0 Å². The molecule has 0 fully saturated rings. The molecule has 0 spiro atoms. The van der Waals surface area contributed by atoms with Crippen LogP contribution in [0.1, 0.15) is 41.0 Å². The SMILES string of the molecule is CC(C)CC(NC(C)(C)C)C(=O)O. The molecule has 0 aromatic rings. The molecular formula is C10H21NO2. The highest BCUT2D eigenvalue weighted by atomic mass is 16.4. The molecule has 0 saturated heterocycles. The maximum atomic E-state index is 10.9. The molecule has 0 aromatic carbocycles. The van der Waals surface area contributed by atoms with Crippen LogP contribution >= 0.6 is 0 Å². The lowest BCUT2D eigenvalue weighted by Gasteiger charge is -2.26. The lowest BCUT2D eigenvalue weighted by molar-refractivity contribution is -0.140. The zero-order valence-electron chi connectivity index (χ0n) is 9.22. The zero-order chi connectivity index (χ0) is 10.6. The molecule has 1 atom stereocenters. The molecule has 0 rings (SSSR count). The standard InChI is InChI=1S/C10H21NO2/c1-7(2)6-8(9(12)13)11-10(3,4)5/h7-8,11H,6H2,1-5H3,(H,12,13). The molecular weight excluding hydrogens is 166 g/mol. The Bertz CT molecular complexity index is 170. The number of carboxylic acids is 1. The summed E-state index contributed by atoms with van der Waals surface area (Å²) in [5, 5.41) is 12.0. The third-order valence-corrected chi connectivity index (χ3v) is 1.61. The van der Waals surface area contributed by atoms with Gasteiger partial charge in [0, 0.05) is 5.54 Å². The molecule has 0 aliphatic carbocycles. The van der Waals surface area contributed by atoms with Crippen molar-refractivity contribution in [2.75, 3.05) is 0 Å². The highest BCUT2D eigenvalue weighted by molar-refractivity contribution is 5.73. The normalized spacial score (nSPS) is 14.6. The molecule has 0 amide bonds. The lowest BCUT2D eigenvalue weighted by atomic mass is 10.00. The van der Waals surface area contributed by atoms with Crippen molar-refractivity contribution in [2.45, 2.75) is 52.6 Å². The summed E-state index contributed by atoms with van der Waals surface area (Å²) in [6, 6.07) is -0.431. The first-order chi connectivity index (χ1) is 5.72. The van der Waals surface area contributed by atoms with Gasteiger partial charge in [-0.15, -0.1) is 0 Å². The Morgan fingerprint density at radius 3 is 2.08 bits per heavy atom. The van der Waals surface area contributed by atoms with Crippen LogP contribution in [0.3, 0.4) is 0 Å². The van der Waals surface area contributed by atoms with Crippen LogP contribution < -0.4 is 5.32 Å². The highest BCUT2D eigenvalue weighted by Crippen LogP contribution is 2.09. The topological polar surface area (TPSA) is 49.3 Å². The Labute approximate surface area is 80.5 Å². The van der Waals surface area contributed by atoms with Gasteiger partial charge in [-0.25, -0.2) is 0 Å². The van der Waals surface area contributed by atoms with Gasteiger partial charge >= 0.3 is 5.97 Å². The average Bonchev–Trinajstić information content (AvgIpc) is 1.81. The van der Waals surface area contributed by atoms with E-state index in [4.69, 9.17) is 5.11 Å². The minimum Gasteiger partial charge on any atom is -0.480 e. The van der Waals surface area contributed by atoms with Crippen LogP contribution in [0, 0.1) is 5.92 Å². The van der Waals surface area contributed by atoms with Crippen molar-refractivity contribution in [1.29, 1.82) is 0 Å². The van der Waals surface area contributed by atoms with Crippen LogP contribution in [-0.4, -0.2) is 22.7 Å². The van der Waals surface area contributed by atoms with Gasteiger partial charge in [-0.3, -0.25) is 10.1 Å². The molecule has 1 unspecified atom stereocenters. The zero-order valence-corrected chi connectivity index (χ0v) is 9.22. The Morgan fingerprint density at radius 2 is 1.85 bits per heavy atom. The third kappa shape index (κ3) is 6.58. The fraction of sp³-hybridized carbons (Fsp3) is 0.900. The lowest BCUT2D eigenvalue weighted by Crippen LogP contribution is -2.48. The van der Waals surface area contributed by atoms with E-state index < -0.39 is 12.0 Å². The minimum atomic E-state index is -0.761. The first-order valence-corrected chi connectivity index (χ1v) is 4.73. The third-order valence-electron chi connectivity index (χ3n) is 1.61. The van der Waals surface area contributed by atoms with Gasteiger partial charge in [-0.1, -0.05) is 13.8 Å². The van der Waals surface area contributed by atoms with Crippen molar-refractivity contribution in [2.24, 2.45) is 5.92 Å². The van der Waals surface area contributed by atoms with E-state index in [0.29, 0.717) is 12.3 Å². The van der Waals surface area contributed by atoms with E-state index in [1.54, 1.807) is 0 Å². The average molecular weight is 187 g/mol. The van der Waals surface area contributed by atoms with E-state index in [1.165, 1.54) is 0 Å². The maximum absolute atomic E-state index is 10.9. The molecule has 0 radical (unpaired) electrons. The van der Waals surface area contributed by atoms with Crippen LogP contribution in [0.15, 0.2) is 0 Å². The van der Waals surface area contributed by atoms with E-state index in [2.05, 4.69) is 5.32 Å². The van der Waals surface area contributed by atoms with E-state index in [9.17, 15) is 4.79 Å². The van der Waals surface area contributed by atoms with Crippen molar-refractivity contribution in [1.82, 2.24) is 5.32 Å². The van der Waals surface area contributed by atoms with Crippen molar-refractivity contribution in [3.63, 3.8) is 0 Å². The number of rotatable bonds is 4. The van der Waals surface area contributed by atoms with Crippen molar-refractivity contribution >= 4 is 5.97 Å². The van der Waals surface area contributed by atoms with Gasteiger partial charge in [0.1, 0.15) is 6.04 Å². The van der Waals surface area contributed by atoms with Crippen LogP contribution in [-0.2, 0) is 4.79 Å². The first kappa shape index (κ1) is 12.4. The molecule has 3 nitrogen and oxygen atoms in total. The summed E-state index contributed by atoms with van der Waals surface area (Å²) in [7, 11) is 0. The number of carboxylic acid groups (broad SMARTS) is 1. The largest absolute Gasteiger partial charge is 0.480 e.